The van der Waals surface area contributed by atoms with Crippen molar-refractivity contribution in [2.45, 2.75) is 19.6 Å². The fourth-order valence-electron chi connectivity index (χ4n) is 2.35. The van der Waals surface area contributed by atoms with E-state index in [9.17, 15) is 4.79 Å². The van der Waals surface area contributed by atoms with Gasteiger partial charge in [0.25, 0.3) is 5.56 Å². The Morgan fingerprint density at radius 2 is 2.20 bits per heavy atom. The predicted molar refractivity (Wildman–Crippen MR) is 75.7 cm³/mol. The van der Waals surface area contributed by atoms with Gasteiger partial charge in [0.15, 0.2) is 5.82 Å². The SMILES string of the molecule is COc1c(NCc2ccc3c(c2)CNC3)nc[nH]c1=O. The lowest BCUT2D eigenvalue weighted by Crippen LogP contribution is -2.14. The van der Waals surface area contributed by atoms with Crippen LogP contribution in [0.5, 0.6) is 5.75 Å². The first-order valence-electron chi connectivity index (χ1n) is 6.45. The number of hydrogen-bond donors (Lipinski definition) is 3. The third kappa shape index (κ3) is 2.37. The van der Waals surface area contributed by atoms with E-state index in [1.807, 2.05) is 0 Å². The number of rotatable bonds is 4. The summed E-state index contributed by atoms with van der Waals surface area (Å²) in [7, 11) is 1.46. The molecule has 3 N–H and O–H groups in total. The Bertz CT molecular complexity index is 681. The summed E-state index contributed by atoms with van der Waals surface area (Å²) in [5, 5.41) is 6.45. The Balaban J connectivity index is 1.77. The van der Waals surface area contributed by atoms with Crippen molar-refractivity contribution in [2.24, 2.45) is 0 Å². The van der Waals surface area contributed by atoms with Crippen molar-refractivity contribution in [3.63, 3.8) is 0 Å². The number of hydrogen-bond acceptors (Lipinski definition) is 5. The van der Waals surface area contributed by atoms with Gasteiger partial charge in [-0.1, -0.05) is 18.2 Å². The second-order valence-electron chi connectivity index (χ2n) is 4.67. The molecule has 2 aromatic rings. The summed E-state index contributed by atoms with van der Waals surface area (Å²) in [6, 6.07) is 6.38. The standard InChI is InChI=1S/C14H16N4O2/c1-20-12-13(17-8-18-14(12)19)16-5-9-2-3-10-6-15-7-11(10)4-9/h2-4,8,15H,5-7H2,1H3,(H2,16,17,18,19). The van der Waals surface area contributed by atoms with E-state index in [0.717, 1.165) is 18.7 Å². The molecule has 2 heterocycles. The Morgan fingerprint density at radius 1 is 1.35 bits per heavy atom. The molecule has 0 fully saturated rings. The van der Waals surface area contributed by atoms with Crippen LogP contribution in [0, 0.1) is 0 Å². The highest BCUT2D eigenvalue weighted by molar-refractivity contribution is 5.48. The van der Waals surface area contributed by atoms with Gasteiger partial charge in [0, 0.05) is 19.6 Å². The fourth-order valence-corrected chi connectivity index (χ4v) is 2.35. The molecule has 6 nitrogen and oxygen atoms in total. The highest BCUT2D eigenvalue weighted by Crippen LogP contribution is 2.19. The second kappa shape index (κ2) is 5.34. The van der Waals surface area contributed by atoms with Gasteiger partial charge in [0.1, 0.15) is 0 Å². The smallest absolute Gasteiger partial charge is 0.295 e. The van der Waals surface area contributed by atoms with Gasteiger partial charge in [-0.3, -0.25) is 4.79 Å². The summed E-state index contributed by atoms with van der Waals surface area (Å²) in [5.41, 5.74) is 3.54. The highest BCUT2D eigenvalue weighted by atomic mass is 16.5. The summed E-state index contributed by atoms with van der Waals surface area (Å²) in [6.07, 6.45) is 1.36. The average molecular weight is 272 g/mol. The number of nitrogens with one attached hydrogen (secondary N) is 3. The number of fused-ring (bicyclic) bond motifs is 1. The van der Waals surface area contributed by atoms with Gasteiger partial charge in [-0.25, -0.2) is 4.98 Å². The van der Waals surface area contributed by atoms with E-state index >= 15 is 0 Å². The van der Waals surface area contributed by atoms with E-state index in [1.54, 1.807) is 0 Å². The molecule has 6 heteroatoms. The van der Waals surface area contributed by atoms with Gasteiger partial charge in [-0.05, 0) is 16.7 Å². The number of nitrogens with zero attached hydrogens (tertiary/aromatic N) is 1. The third-order valence-electron chi connectivity index (χ3n) is 3.38. The lowest BCUT2D eigenvalue weighted by atomic mass is 10.1. The van der Waals surface area contributed by atoms with Gasteiger partial charge in [0.05, 0.1) is 13.4 Å². The molecule has 0 saturated carbocycles. The van der Waals surface area contributed by atoms with Crippen molar-refractivity contribution >= 4 is 5.82 Å². The summed E-state index contributed by atoms with van der Waals surface area (Å²) < 4.78 is 5.06. The minimum absolute atomic E-state index is 0.204. The molecular formula is C14H16N4O2. The van der Waals surface area contributed by atoms with Gasteiger partial charge in [-0.15, -0.1) is 0 Å². The number of anilines is 1. The number of H-pyrrole nitrogens is 1. The Kier molecular flexibility index (Phi) is 3.39. The molecular weight excluding hydrogens is 256 g/mol. The Morgan fingerprint density at radius 3 is 3.05 bits per heavy atom. The third-order valence-corrected chi connectivity index (χ3v) is 3.38. The predicted octanol–water partition coefficient (Wildman–Crippen LogP) is 0.994. The van der Waals surface area contributed by atoms with E-state index in [2.05, 4.69) is 38.8 Å². The van der Waals surface area contributed by atoms with Crippen molar-refractivity contribution < 1.29 is 4.74 Å². The molecule has 0 amide bonds. The number of aromatic nitrogens is 2. The Labute approximate surface area is 116 Å². The molecule has 1 aromatic heterocycles. The maximum Gasteiger partial charge on any atom is 0.295 e. The average Bonchev–Trinajstić information content (AvgIpc) is 2.92. The molecule has 1 aliphatic heterocycles. The first-order chi connectivity index (χ1) is 9.78. The maximum atomic E-state index is 11.6. The molecule has 0 saturated heterocycles. The van der Waals surface area contributed by atoms with Crippen molar-refractivity contribution in [3.05, 3.63) is 51.6 Å². The maximum absolute atomic E-state index is 11.6. The number of methoxy groups -OCH3 is 1. The lowest BCUT2D eigenvalue weighted by molar-refractivity contribution is 0.408. The van der Waals surface area contributed by atoms with Crippen LogP contribution < -0.4 is 20.9 Å². The molecule has 1 aliphatic rings. The fraction of sp³-hybridized carbons (Fsp3) is 0.286. The van der Waals surface area contributed by atoms with Crippen molar-refractivity contribution in [3.8, 4) is 5.75 Å². The lowest BCUT2D eigenvalue weighted by Gasteiger charge is -2.09. The quantitative estimate of drug-likeness (QED) is 0.773. The second-order valence-corrected chi connectivity index (χ2v) is 4.67. The molecule has 1 aromatic carbocycles. The highest BCUT2D eigenvalue weighted by Gasteiger charge is 2.11. The van der Waals surface area contributed by atoms with Crippen molar-refractivity contribution in [1.82, 2.24) is 15.3 Å². The first kappa shape index (κ1) is 12.7. The molecule has 104 valence electrons. The van der Waals surface area contributed by atoms with E-state index in [4.69, 9.17) is 4.74 Å². The van der Waals surface area contributed by atoms with Gasteiger partial charge in [0.2, 0.25) is 5.75 Å². The van der Waals surface area contributed by atoms with Crippen LogP contribution in [0.1, 0.15) is 16.7 Å². The van der Waals surface area contributed by atoms with Gasteiger partial charge >= 0.3 is 0 Å². The van der Waals surface area contributed by atoms with Crippen molar-refractivity contribution in [2.75, 3.05) is 12.4 Å². The number of benzene rings is 1. The summed E-state index contributed by atoms with van der Waals surface area (Å²) in [5.74, 6) is 0.658. The summed E-state index contributed by atoms with van der Waals surface area (Å²) in [4.78, 5) is 18.1. The number of aromatic amines is 1. The number of ether oxygens (including phenoxy) is 1. The van der Waals surface area contributed by atoms with E-state index in [1.165, 1.54) is 24.6 Å². The molecule has 3 rings (SSSR count). The van der Waals surface area contributed by atoms with Crippen LogP contribution in [0.3, 0.4) is 0 Å². The minimum Gasteiger partial charge on any atom is -0.489 e. The van der Waals surface area contributed by atoms with E-state index in [0.29, 0.717) is 12.4 Å². The zero-order chi connectivity index (χ0) is 13.9. The van der Waals surface area contributed by atoms with Crippen LogP contribution in [0.15, 0.2) is 29.3 Å². The van der Waals surface area contributed by atoms with Crippen LogP contribution in [0.25, 0.3) is 0 Å². The zero-order valence-electron chi connectivity index (χ0n) is 11.2. The van der Waals surface area contributed by atoms with Crippen LogP contribution in [-0.2, 0) is 19.6 Å². The topological polar surface area (TPSA) is 79.0 Å². The van der Waals surface area contributed by atoms with Crippen LogP contribution in [0.2, 0.25) is 0 Å². The van der Waals surface area contributed by atoms with Crippen LogP contribution in [-0.4, -0.2) is 17.1 Å². The molecule has 0 bridgehead atoms. The first-order valence-corrected chi connectivity index (χ1v) is 6.45. The van der Waals surface area contributed by atoms with Crippen molar-refractivity contribution in [1.29, 1.82) is 0 Å². The zero-order valence-corrected chi connectivity index (χ0v) is 11.2. The van der Waals surface area contributed by atoms with E-state index < -0.39 is 0 Å². The Hall–Kier alpha value is -2.34. The minimum atomic E-state index is -0.289. The molecule has 0 atom stereocenters. The molecule has 0 aliphatic carbocycles. The largest absolute Gasteiger partial charge is 0.489 e. The molecule has 0 spiro atoms. The molecule has 0 unspecified atom stereocenters. The molecule has 0 radical (unpaired) electrons. The van der Waals surface area contributed by atoms with Crippen LogP contribution in [0.4, 0.5) is 5.82 Å². The summed E-state index contributed by atoms with van der Waals surface area (Å²) >= 11 is 0. The molecule has 20 heavy (non-hydrogen) atoms. The van der Waals surface area contributed by atoms with Gasteiger partial charge in [-0.2, -0.15) is 0 Å². The van der Waals surface area contributed by atoms with Crippen LogP contribution >= 0.6 is 0 Å². The van der Waals surface area contributed by atoms with Gasteiger partial charge < -0.3 is 20.4 Å². The monoisotopic (exact) mass is 272 g/mol. The van der Waals surface area contributed by atoms with E-state index in [-0.39, 0.29) is 11.3 Å². The normalized spacial score (nSPS) is 13.1. The summed E-state index contributed by atoms with van der Waals surface area (Å²) in [6.45, 7) is 2.45.